The Balaban J connectivity index is 1.12. The lowest BCUT2D eigenvalue weighted by Gasteiger charge is -2.26. The topological polar surface area (TPSA) is 114 Å². The minimum Gasteiger partial charge on any atom is -0.462 e. The molecular weight excluding hydrogens is 504 g/mol. The Morgan fingerprint density at radius 3 is 1.49 bits per heavy atom. The lowest BCUT2D eigenvalue weighted by Crippen LogP contribution is -2.33. The molecule has 2 saturated heterocycles. The van der Waals surface area contributed by atoms with Crippen LogP contribution < -0.4 is 0 Å². The summed E-state index contributed by atoms with van der Waals surface area (Å²) < 4.78 is 28.9. The van der Waals surface area contributed by atoms with Crippen LogP contribution >= 0.6 is 0 Å². The average molecular weight is 535 g/mol. The van der Waals surface area contributed by atoms with E-state index in [2.05, 4.69) is 0 Å². The van der Waals surface area contributed by atoms with Crippen molar-refractivity contribution in [3.05, 3.63) is 71.8 Å². The third-order valence-corrected chi connectivity index (χ3v) is 8.47. The van der Waals surface area contributed by atoms with E-state index in [0.717, 1.165) is 0 Å². The number of hydrogen-bond acceptors (Lipinski definition) is 9. The van der Waals surface area contributed by atoms with Crippen LogP contribution in [-0.4, -0.2) is 61.5 Å². The van der Waals surface area contributed by atoms with Gasteiger partial charge in [-0.2, -0.15) is 0 Å². The van der Waals surface area contributed by atoms with Crippen LogP contribution in [0.2, 0.25) is 0 Å². The standard InChI is InChI=1S/C30H30O9/c31-27-11-19-21(25(13-23(19)36-27)38-29(33)17-7-3-1-4-8-17)15-35-16-22-20-12-28(32)37-24(20)14-26(22)39-30(34)18-9-5-2-6-10-18/h1-10,19-26H,11-16H2/t19-,20-,21-,22-,23+,24+,25-,26-/m1/s1. The molecule has 9 heteroatoms. The van der Waals surface area contributed by atoms with E-state index < -0.39 is 24.1 Å². The molecule has 0 aromatic heterocycles. The third kappa shape index (κ3) is 5.28. The predicted octanol–water partition coefficient (Wildman–Crippen LogP) is 3.36. The SMILES string of the molecule is O=C1C[C@@H]2[C@@H](COC[C@@H]3[C@H]4CC(=O)O[C@H]4C[C@H]3OC(=O)c3ccccc3)[C@H](OC(=O)c3ccccc3)C[C@@H]2O1. The van der Waals surface area contributed by atoms with Crippen molar-refractivity contribution in [1.29, 1.82) is 0 Å². The fourth-order valence-electron chi connectivity index (χ4n) is 6.55. The second-order valence-corrected chi connectivity index (χ2v) is 10.7. The molecule has 2 aliphatic carbocycles. The van der Waals surface area contributed by atoms with Crippen molar-refractivity contribution in [3.63, 3.8) is 0 Å². The summed E-state index contributed by atoms with van der Waals surface area (Å²) in [5.74, 6) is -2.02. The van der Waals surface area contributed by atoms with E-state index >= 15 is 0 Å². The van der Waals surface area contributed by atoms with Gasteiger partial charge in [-0.25, -0.2) is 9.59 Å². The first-order valence-corrected chi connectivity index (χ1v) is 13.4. The number of benzene rings is 2. The zero-order chi connectivity index (χ0) is 26.9. The molecule has 0 radical (unpaired) electrons. The highest BCUT2D eigenvalue weighted by atomic mass is 16.6. The highest BCUT2D eigenvalue weighted by Crippen LogP contribution is 2.45. The summed E-state index contributed by atoms with van der Waals surface area (Å²) in [5.41, 5.74) is 0.911. The molecule has 2 aromatic carbocycles. The number of hydrogen-bond donors (Lipinski definition) is 0. The van der Waals surface area contributed by atoms with Gasteiger partial charge in [0.05, 0.1) is 37.2 Å². The van der Waals surface area contributed by atoms with Crippen molar-refractivity contribution < 1.29 is 42.9 Å². The largest absolute Gasteiger partial charge is 0.462 e. The summed E-state index contributed by atoms with van der Waals surface area (Å²) in [6.45, 7) is 0.485. The number of carbonyl (C=O) groups excluding carboxylic acids is 4. The molecule has 0 N–H and O–H groups in total. The van der Waals surface area contributed by atoms with Crippen LogP contribution in [0.1, 0.15) is 46.4 Å². The minimum atomic E-state index is -0.458. The van der Waals surface area contributed by atoms with Crippen molar-refractivity contribution >= 4 is 23.9 Å². The Kier molecular flexibility index (Phi) is 7.08. The van der Waals surface area contributed by atoms with Crippen molar-refractivity contribution in [1.82, 2.24) is 0 Å². The Hall–Kier alpha value is -3.72. The van der Waals surface area contributed by atoms with Crippen molar-refractivity contribution in [2.45, 2.75) is 50.1 Å². The van der Waals surface area contributed by atoms with E-state index in [1.807, 2.05) is 12.1 Å². The maximum atomic E-state index is 12.8. The van der Waals surface area contributed by atoms with Crippen LogP contribution in [0.4, 0.5) is 0 Å². The summed E-state index contributed by atoms with van der Waals surface area (Å²) in [7, 11) is 0. The maximum Gasteiger partial charge on any atom is 0.338 e. The minimum absolute atomic E-state index is 0.106. The van der Waals surface area contributed by atoms with Gasteiger partial charge in [-0.3, -0.25) is 9.59 Å². The van der Waals surface area contributed by atoms with Crippen LogP contribution in [0.3, 0.4) is 0 Å². The summed E-state index contributed by atoms with van der Waals surface area (Å²) in [6.07, 6.45) is -0.168. The van der Waals surface area contributed by atoms with Gasteiger partial charge in [0.2, 0.25) is 0 Å². The molecule has 39 heavy (non-hydrogen) atoms. The van der Waals surface area contributed by atoms with Crippen molar-refractivity contribution in [2.24, 2.45) is 23.7 Å². The van der Waals surface area contributed by atoms with Gasteiger partial charge in [-0.1, -0.05) is 36.4 Å². The Morgan fingerprint density at radius 1 is 0.667 bits per heavy atom. The van der Waals surface area contributed by atoms with Crippen LogP contribution in [0.15, 0.2) is 60.7 Å². The summed E-state index contributed by atoms with van der Waals surface area (Å²) in [4.78, 5) is 49.5. The van der Waals surface area contributed by atoms with Gasteiger partial charge >= 0.3 is 23.9 Å². The van der Waals surface area contributed by atoms with Crippen LogP contribution in [-0.2, 0) is 33.3 Å². The molecule has 2 saturated carbocycles. The lowest BCUT2D eigenvalue weighted by molar-refractivity contribution is -0.143. The highest BCUT2D eigenvalue weighted by Gasteiger charge is 2.54. The molecule has 8 atom stereocenters. The molecule has 0 unspecified atom stereocenters. The summed E-state index contributed by atoms with van der Waals surface area (Å²) in [6, 6.07) is 17.5. The first-order valence-electron chi connectivity index (χ1n) is 13.4. The van der Waals surface area contributed by atoms with E-state index in [-0.39, 0.29) is 73.9 Å². The molecule has 0 amide bonds. The van der Waals surface area contributed by atoms with E-state index in [0.29, 0.717) is 24.0 Å². The van der Waals surface area contributed by atoms with Crippen LogP contribution in [0.25, 0.3) is 0 Å². The van der Waals surface area contributed by atoms with Crippen LogP contribution in [0, 0.1) is 23.7 Å². The second kappa shape index (κ2) is 10.8. The Bertz CT molecular complexity index is 1130. The quantitative estimate of drug-likeness (QED) is 0.371. The lowest BCUT2D eigenvalue weighted by atomic mass is 9.91. The molecule has 6 rings (SSSR count). The van der Waals surface area contributed by atoms with Gasteiger partial charge in [-0.05, 0) is 24.3 Å². The van der Waals surface area contributed by atoms with E-state index in [9.17, 15) is 19.2 Å². The Morgan fingerprint density at radius 2 is 1.08 bits per heavy atom. The molecule has 4 fully saturated rings. The average Bonchev–Trinajstić information content (AvgIpc) is 3.65. The first kappa shape index (κ1) is 25.6. The van der Waals surface area contributed by atoms with Gasteiger partial charge in [0.25, 0.3) is 0 Å². The van der Waals surface area contributed by atoms with Gasteiger partial charge in [0, 0.05) is 36.5 Å². The first-order chi connectivity index (χ1) is 19.0. The van der Waals surface area contributed by atoms with E-state index in [4.69, 9.17) is 23.7 Å². The fourth-order valence-corrected chi connectivity index (χ4v) is 6.55. The number of fused-ring (bicyclic) bond motifs is 2. The molecular formula is C30H30O9. The molecule has 2 aliphatic heterocycles. The number of esters is 4. The van der Waals surface area contributed by atoms with Crippen molar-refractivity contribution in [2.75, 3.05) is 13.2 Å². The van der Waals surface area contributed by atoms with E-state index in [1.54, 1.807) is 48.5 Å². The third-order valence-electron chi connectivity index (χ3n) is 8.47. The maximum absolute atomic E-state index is 12.8. The molecule has 9 nitrogen and oxygen atoms in total. The molecule has 2 heterocycles. The van der Waals surface area contributed by atoms with Crippen LogP contribution in [0.5, 0.6) is 0 Å². The van der Waals surface area contributed by atoms with E-state index in [1.165, 1.54) is 0 Å². The molecule has 2 aromatic rings. The molecule has 4 aliphatic rings. The predicted molar refractivity (Wildman–Crippen MR) is 134 cm³/mol. The van der Waals surface area contributed by atoms with Gasteiger partial charge in [0.15, 0.2) is 0 Å². The zero-order valence-electron chi connectivity index (χ0n) is 21.3. The summed E-state index contributed by atoms with van der Waals surface area (Å²) >= 11 is 0. The van der Waals surface area contributed by atoms with Crippen molar-refractivity contribution in [3.8, 4) is 0 Å². The molecule has 0 bridgehead atoms. The molecule has 0 spiro atoms. The highest BCUT2D eigenvalue weighted by molar-refractivity contribution is 5.90. The Labute approximate surface area is 225 Å². The van der Waals surface area contributed by atoms with Gasteiger partial charge in [-0.15, -0.1) is 0 Å². The molecule has 204 valence electrons. The van der Waals surface area contributed by atoms with Gasteiger partial charge < -0.3 is 23.7 Å². The number of carbonyl (C=O) groups is 4. The number of rotatable bonds is 8. The fraction of sp³-hybridized carbons (Fsp3) is 0.467. The van der Waals surface area contributed by atoms with Gasteiger partial charge in [0.1, 0.15) is 24.4 Å². The monoisotopic (exact) mass is 534 g/mol. The normalized spacial score (nSPS) is 32.7. The zero-order valence-corrected chi connectivity index (χ0v) is 21.3. The smallest absolute Gasteiger partial charge is 0.338 e. The second-order valence-electron chi connectivity index (χ2n) is 10.7. The summed E-state index contributed by atoms with van der Waals surface area (Å²) in [5, 5.41) is 0. The number of ether oxygens (including phenoxy) is 5.